The Morgan fingerprint density at radius 1 is 1.12 bits per heavy atom. The maximum absolute atomic E-state index is 5.60. The maximum Gasteiger partial charge on any atom is 0.166 e. The molecule has 6 heteroatoms. The summed E-state index contributed by atoms with van der Waals surface area (Å²) in [5, 5.41) is 0. The molecular weight excluding hydrogens is 352 g/mol. The van der Waals surface area contributed by atoms with Gasteiger partial charge in [-0.3, -0.25) is 4.57 Å². The van der Waals surface area contributed by atoms with Gasteiger partial charge in [-0.05, 0) is 42.0 Å². The van der Waals surface area contributed by atoms with E-state index < -0.39 is 0 Å². The lowest BCUT2D eigenvalue weighted by Crippen LogP contribution is -3.11. The van der Waals surface area contributed by atoms with Crippen molar-refractivity contribution in [1.82, 2.24) is 4.57 Å². The van der Waals surface area contributed by atoms with E-state index in [0.29, 0.717) is 0 Å². The van der Waals surface area contributed by atoms with Crippen molar-refractivity contribution < 1.29 is 14.4 Å². The van der Waals surface area contributed by atoms with Gasteiger partial charge >= 0.3 is 0 Å². The average molecular weight is 374 g/mol. The molecular formula is C19H21N2O2S2+. The molecule has 0 amide bonds. The third-order valence-corrected chi connectivity index (χ3v) is 6.28. The summed E-state index contributed by atoms with van der Waals surface area (Å²) >= 11 is 7.30. The molecule has 4 rings (SSSR count). The fourth-order valence-corrected chi connectivity index (χ4v) is 4.87. The summed E-state index contributed by atoms with van der Waals surface area (Å²) in [6.07, 6.45) is 1.04. The summed E-state index contributed by atoms with van der Waals surface area (Å²) in [7, 11) is 3.38. The van der Waals surface area contributed by atoms with Crippen LogP contribution in [0.5, 0.6) is 11.5 Å². The van der Waals surface area contributed by atoms with E-state index in [4.69, 9.17) is 21.7 Å². The number of hydrogen-bond acceptors (Lipinski definition) is 4. The van der Waals surface area contributed by atoms with Crippen LogP contribution in [0, 0.1) is 3.95 Å². The Morgan fingerprint density at radius 2 is 1.84 bits per heavy atom. The van der Waals surface area contributed by atoms with Crippen molar-refractivity contribution in [3.63, 3.8) is 0 Å². The topological polar surface area (TPSA) is 27.8 Å². The fraction of sp³-hybridized carbons (Fsp3) is 0.316. The van der Waals surface area contributed by atoms with Gasteiger partial charge in [0.25, 0.3) is 0 Å². The summed E-state index contributed by atoms with van der Waals surface area (Å²) in [4.78, 5) is 1.51. The number of hydrogen-bond donors (Lipinski definition) is 1. The highest BCUT2D eigenvalue weighted by atomic mass is 32.1. The second-order valence-corrected chi connectivity index (χ2v) is 8.00. The van der Waals surface area contributed by atoms with Crippen molar-refractivity contribution >= 4 is 33.8 Å². The van der Waals surface area contributed by atoms with Crippen LogP contribution in [0.25, 0.3) is 10.2 Å². The molecule has 25 heavy (non-hydrogen) atoms. The Balaban J connectivity index is 1.62. The van der Waals surface area contributed by atoms with E-state index in [9.17, 15) is 0 Å². The number of nitrogens with zero attached hydrogens (tertiary/aromatic N) is 1. The fourth-order valence-electron chi connectivity index (χ4n) is 3.55. The number of quaternary nitrogens is 1. The molecule has 0 fully saturated rings. The zero-order valence-electron chi connectivity index (χ0n) is 14.4. The number of para-hydroxylation sites is 1. The van der Waals surface area contributed by atoms with Gasteiger partial charge in [0.15, 0.2) is 22.1 Å². The number of thiazole rings is 1. The van der Waals surface area contributed by atoms with Crippen molar-refractivity contribution in [3.05, 3.63) is 51.5 Å². The van der Waals surface area contributed by atoms with E-state index in [-0.39, 0.29) is 0 Å². The van der Waals surface area contributed by atoms with Crippen LogP contribution in [0.4, 0.5) is 0 Å². The molecule has 0 bridgehead atoms. The Kier molecular flexibility index (Phi) is 4.50. The highest BCUT2D eigenvalue weighted by Crippen LogP contribution is 2.31. The SMILES string of the molecule is COc1cc2c(cc1OC)C[NH+](Cn1c(=S)sc3ccccc31)CC2. The van der Waals surface area contributed by atoms with Gasteiger partial charge < -0.3 is 14.4 Å². The van der Waals surface area contributed by atoms with Gasteiger partial charge in [0.05, 0.1) is 31.0 Å². The van der Waals surface area contributed by atoms with Gasteiger partial charge in [0.1, 0.15) is 6.54 Å². The molecule has 1 aromatic heterocycles. The number of benzene rings is 2. The molecule has 130 valence electrons. The highest BCUT2D eigenvalue weighted by molar-refractivity contribution is 7.73. The molecule has 3 aromatic rings. The zero-order valence-corrected chi connectivity index (χ0v) is 16.0. The van der Waals surface area contributed by atoms with Crippen LogP contribution in [0.2, 0.25) is 0 Å². The summed E-state index contributed by atoms with van der Waals surface area (Å²) in [5.41, 5.74) is 3.94. The average Bonchev–Trinajstić information content (AvgIpc) is 2.96. The molecule has 0 spiro atoms. The van der Waals surface area contributed by atoms with Crippen LogP contribution >= 0.6 is 23.6 Å². The maximum atomic E-state index is 5.60. The van der Waals surface area contributed by atoms with Gasteiger partial charge in [-0.15, -0.1) is 11.3 Å². The van der Waals surface area contributed by atoms with Gasteiger partial charge in [0.2, 0.25) is 0 Å². The van der Waals surface area contributed by atoms with Gasteiger partial charge in [-0.25, -0.2) is 0 Å². The van der Waals surface area contributed by atoms with E-state index in [1.165, 1.54) is 26.2 Å². The molecule has 1 unspecified atom stereocenters. The number of ether oxygens (including phenoxy) is 2. The van der Waals surface area contributed by atoms with Crippen molar-refractivity contribution in [1.29, 1.82) is 0 Å². The predicted octanol–water partition coefficient (Wildman–Crippen LogP) is 3.05. The van der Waals surface area contributed by atoms with Crippen LogP contribution in [0.1, 0.15) is 11.1 Å². The second kappa shape index (κ2) is 6.78. The number of fused-ring (bicyclic) bond motifs is 2. The Hall–Kier alpha value is -1.89. The van der Waals surface area contributed by atoms with Crippen molar-refractivity contribution in [2.24, 2.45) is 0 Å². The van der Waals surface area contributed by atoms with Gasteiger partial charge in [-0.2, -0.15) is 0 Å². The lowest BCUT2D eigenvalue weighted by atomic mass is 9.99. The van der Waals surface area contributed by atoms with E-state index in [0.717, 1.165) is 41.6 Å². The number of rotatable bonds is 4. The molecule has 2 aromatic carbocycles. The highest BCUT2D eigenvalue weighted by Gasteiger charge is 2.23. The predicted molar refractivity (Wildman–Crippen MR) is 103 cm³/mol. The Bertz CT molecular complexity index is 977. The monoisotopic (exact) mass is 373 g/mol. The third-order valence-electron chi connectivity index (χ3n) is 4.85. The molecule has 1 aliphatic rings. The zero-order chi connectivity index (χ0) is 17.4. The smallest absolute Gasteiger partial charge is 0.166 e. The van der Waals surface area contributed by atoms with Gasteiger partial charge in [-0.1, -0.05) is 12.1 Å². The summed E-state index contributed by atoms with van der Waals surface area (Å²) in [6.45, 7) is 2.96. The first-order valence-corrected chi connectivity index (χ1v) is 9.58. The van der Waals surface area contributed by atoms with Crippen molar-refractivity contribution in [2.75, 3.05) is 20.8 Å². The van der Waals surface area contributed by atoms with Crippen LogP contribution < -0.4 is 14.4 Å². The van der Waals surface area contributed by atoms with E-state index >= 15 is 0 Å². The number of nitrogens with one attached hydrogen (secondary N) is 1. The molecule has 1 atom stereocenters. The first kappa shape index (κ1) is 16.6. The van der Waals surface area contributed by atoms with E-state index in [1.54, 1.807) is 25.6 Å². The Morgan fingerprint density at radius 3 is 2.60 bits per heavy atom. The number of methoxy groups -OCH3 is 2. The lowest BCUT2D eigenvalue weighted by Gasteiger charge is -2.27. The van der Waals surface area contributed by atoms with Crippen LogP contribution in [0.15, 0.2) is 36.4 Å². The molecule has 0 saturated carbocycles. The van der Waals surface area contributed by atoms with E-state index in [1.807, 2.05) is 0 Å². The molecule has 0 radical (unpaired) electrons. The molecule has 1 aliphatic heterocycles. The minimum atomic E-state index is 0.806. The first-order valence-electron chi connectivity index (χ1n) is 8.35. The molecule has 0 saturated heterocycles. The molecule has 2 heterocycles. The van der Waals surface area contributed by atoms with Crippen LogP contribution in [-0.4, -0.2) is 25.3 Å². The summed E-state index contributed by atoms with van der Waals surface area (Å²) in [6, 6.07) is 12.7. The van der Waals surface area contributed by atoms with Crippen molar-refractivity contribution in [2.45, 2.75) is 19.6 Å². The molecule has 4 nitrogen and oxygen atoms in total. The summed E-state index contributed by atoms with van der Waals surface area (Å²) in [5.74, 6) is 1.62. The van der Waals surface area contributed by atoms with Crippen LogP contribution in [-0.2, 0) is 19.6 Å². The normalized spacial score (nSPS) is 16.6. The van der Waals surface area contributed by atoms with E-state index in [2.05, 4.69) is 41.0 Å². The molecule has 1 N–H and O–H groups in total. The summed E-state index contributed by atoms with van der Waals surface area (Å²) < 4.78 is 15.4. The largest absolute Gasteiger partial charge is 0.493 e. The lowest BCUT2D eigenvalue weighted by molar-refractivity contribution is -0.938. The minimum absolute atomic E-state index is 0.806. The van der Waals surface area contributed by atoms with Gasteiger partial charge in [0, 0.05) is 12.0 Å². The quantitative estimate of drug-likeness (QED) is 0.713. The molecule has 0 aliphatic carbocycles. The third kappa shape index (κ3) is 3.05. The second-order valence-electron chi connectivity index (χ2n) is 6.32. The number of aromatic nitrogens is 1. The Labute approximate surface area is 156 Å². The van der Waals surface area contributed by atoms with Crippen molar-refractivity contribution in [3.8, 4) is 11.5 Å². The van der Waals surface area contributed by atoms with Crippen LogP contribution in [0.3, 0.4) is 0 Å². The standard InChI is InChI=1S/C19H20N2O2S2/c1-22-16-9-13-7-8-20(11-14(13)10-17(16)23-2)12-21-15-5-3-4-6-18(15)25-19(21)24/h3-6,9-10H,7-8,11-12H2,1-2H3/p+1. The first-order chi connectivity index (χ1) is 12.2. The minimum Gasteiger partial charge on any atom is -0.493 e.